The van der Waals surface area contributed by atoms with Gasteiger partial charge in [0.2, 0.25) is 11.8 Å². The number of benzene rings is 1. The fourth-order valence-electron chi connectivity index (χ4n) is 3.35. The number of carboxylic acid groups (broad SMARTS) is 1. The van der Waals surface area contributed by atoms with Gasteiger partial charge in [-0.25, -0.2) is 4.39 Å². The minimum atomic E-state index is -0.817. The molecule has 9 heteroatoms. The number of carboxylic acids is 1. The van der Waals surface area contributed by atoms with Crippen LogP contribution in [0.5, 0.6) is 0 Å². The van der Waals surface area contributed by atoms with E-state index in [1.165, 1.54) is 6.07 Å². The third kappa shape index (κ3) is 4.94. The number of aliphatic carboxylic acids is 1. The Labute approximate surface area is 156 Å². The van der Waals surface area contributed by atoms with E-state index in [0.717, 1.165) is 0 Å². The molecule has 1 aromatic rings. The lowest BCUT2D eigenvalue weighted by atomic mass is 10.1. The minimum absolute atomic E-state index is 0.106. The summed E-state index contributed by atoms with van der Waals surface area (Å²) in [7, 11) is 0. The molecule has 2 aliphatic rings. The Bertz CT molecular complexity index is 734. The number of rotatable bonds is 6. The number of piperazine rings is 1. The summed E-state index contributed by atoms with van der Waals surface area (Å²) >= 11 is 0. The number of hydrogen-bond acceptors (Lipinski definition) is 6. The Hall–Kier alpha value is -2.68. The van der Waals surface area contributed by atoms with Gasteiger partial charge in [0.15, 0.2) is 0 Å². The van der Waals surface area contributed by atoms with E-state index in [1.807, 2.05) is 4.90 Å². The van der Waals surface area contributed by atoms with Gasteiger partial charge in [-0.15, -0.1) is 0 Å². The first-order valence-corrected chi connectivity index (χ1v) is 9.01. The van der Waals surface area contributed by atoms with E-state index in [1.54, 1.807) is 12.1 Å². The van der Waals surface area contributed by atoms with Gasteiger partial charge in [0.25, 0.3) is 0 Å². The van der Waals surface area contributed by atoms with Gasteiger partial charge in [0.1, 0.15) is 11.9 Å². The van der Waals surface area contributed by atoms with Crippen LogP contribution in [0.4, 0.5) is 15.8 Å². The van der Waals surface area contributed by atoms with Crippen molar-refractivity contribution in [2.45, 2.75) is 25.3 Å². The van der Waals surface area contributed by atoms with Gasteiger partial charge in [0.05, 0.1) is 12.1 Å². The second kappa shape index (κ2) is 8.34. The van der Waals surface area contributed by atoms with Crippen LogP contribution in [0, 0.1) is 5.82 Å². The van der Waals surface area contributed by atoms with Crippen molar-refractivity contribution in [1.82, 2.24) is 10.2 Å². The number of carbonyl (C=O) groups is 3. The summed E-state index contributed by atoms with van der Waals surface area (Å²) in [6.45, 7) is 3.11. The van der Waals surface area contributed by atoms with E-state index in [9.17, 15) is 18.8 Å². The molecule has 0 bridgehead atoms. The zero-order chi connectivity index (χ0) is 19.4. The molecule has 0 aliphatic carbocycles. The highest BCUT2D eigenvalue weighted by Crippen LogP contribution is 2.25. The van der Waals surface area contributed by atoms with Crippen LogP contribution < -0.4 is 15.5 Å². The Morgan fingerprint density at radius 3 is 2.63 bits per heavy atom. The number of hydrogen-bond donors (Lipinski definition) is 3. The molecule has 0 saturated carbocycles. The molecule has 2 heterocycles. The first kappa shape index (κ1) is 19.1. The number of halogens is 1. The molecule has 146 valence electrons. The second-order valence-corrected chi connectivity index (χ2v) is 6.79. The van der Waals surface area contributed by atoms with Crippen LogP contribution in [0.25, 0.3) is 0 Å². The maximum atomic E-state index is 14.6. The monoisotopic (exact) mass is 378 g/mol. The first-order chi connectivity index (χ1) is 12.9. The molecular formula is C18H23FN4O4. The Kier molecular flexibility index (Phi) is 5.90. The third-order valence-electron chi connectivity index (χ3n) is 4.88. The van der Waals surface area contributed by atoms with Crippen molar-refractivity contribution in [2.24, 2.45) is 0 Å². The van der Waals surface area contributed by atoms with Gasteiger partial charge >= 0.3 is 5.97 Å². The highest BCUT2D eigenvalue weighted by molar-refractivity contribution is 6.01. The maximum Gasteiger partial charge on any atom is 0.304 e. The van der Waals surface area contributed by atoms with Gasteiger partial charge < -0.3 is 15.3 Å². The Balaban J connectivity index is 1.56. The summed E-state index contributed by atoms with van der Waals surface area (Å²) in [5.74, 6) is -1.89. The van der Waals surface area contributed by atoms with Gasteiger partial charge in [-0.3, -0.25) is 24.6 Å². The summed E-state index contributed by atoms with van der Waals surface area (Å²) in [6, 6.07) is 4.20. The lowest BCUT2D eigenvalue weighted by Gasteiger charge is -2.36. The van der Waals surface area contributed by atoms with E-state index in [0.29, 0.717) is 50.5 Å². The van der Waals surface area contributed by atoms with E-state index in [2.05, 4.69) is 15.5 Å². The topological polar surface area (TPSA) is 102 Å². The van der Waals surface area contributed by atoms with Gasteiger partial charge in [-0.2, -0.15) is 0 Å². The molecule has 27 heavy (non-hydrogen) atoms. The van der Waals surface area contributed by atoms with Crippen LogP contribution in [0.15, 0.2) is 18.2 Å². The fraction of sp³-hybridized carbons (Fsp3) is 0.500. The van der Waals surface area contributed by atoms with E-state index in [4.69, 9.17) is 5.11 Å². The number of nitrogens with one attached hydrogen (secondary N) is 2. The fourth-order valence-corrected chi connectivity index (χ4v) is 3.35. The molecule has 2 aliphatic heterocycles. The number of amides is 2. The molecule has 2 fully saturated rings. The molecule has 1 aromatic carbocycles. The van der Waals surface area contributed by atoms with Crippen LogP contribution in [0.1, 0.15) is 19.3 Å². The molecule has 1 unspecified atom stereocenters. The van der Waals surface area contributed by atoms with Crippen molar-refractivity contribution >= 4 is 29.2 Å². The summed E-state index contributed by atoms with van der Waals surface area (Å²) in [5, 5.41) is 14.0. The van der Waals surface area contributed by atoms with Crippen molar-refractivity contribution in [1.29, 1.82) is 0 Å². The van der Waals surface area contributed by atoms with Crippen molar-refractivity contribution in [2.75, 3.05) is 42.9 Å². The van der Waals surface area contributed by atoms with Crippen molar-refractivity contribution in [3.8, 4) is 0 Å². The molecule has 2 amide bonds. The number of nitrogens with zero attached hydrogens (tertiary/aromatic N) is 2. The number of piperidine rings is 1. The SMILES string of the molecule is O=C(O)CCN1CCN(c2ccc(NC3CCC(=O)NC3=O)cc2F)CC1. The quantitative estimate of drug-likeness (QED) is 0.625. The summed E-state index contributed by atoms with van der Waals surface area (Å²) in [6.07, 6.45) is 0.748. The summed E-state index contributed by atoms with van der Waals surface area (Å²) in [4.78, 5) is 37.6. The minimum Gasteiger partial charge on any atom is -0.481 e. The van der Waals surface area contributed by atoms with E-state index >= 15 is 0 Å². The molecule has 1 atom stereocenters. The van der Waals surface area contributed by atoms with Gasteiger partial charge in [-0.1, -0.05) is 0 Å². The van der Waals surface area contributed by atoms with Gasteiger partial charge in [0, 0.05) is 44.8 Å². The number of imide groups is 1. The Morgan fingerprint density at radius 1 is 1.26 bits per heavy atom. The lowest BCUT2D eigenvalue weighted by Crippen LogP contribution is -2.47. The maximum absolute atomic E-state index is 14.6. The van der Waals surface area contributed by atoms with Crippen molar-refractivity contribution in [3.05, 3.63) is 24.0 Å². The molecule has 0 aromatic heterocycles. The summed E-state index contributed by atoms with van der Waals surface area (Å²) in [5.41, 5.74) is 0.979. The molecular weight excluding hydrogens is 355 g/mol. The lowest BCUT2D eigenvalue weighted by molar-refractivity contribution is -0.137. The first-order valence-electron chi connectivity index (χ1n) is 9.01. The molecule has 3 N–H and O–H groups in total. The van der Waals surface area contributed by atoms with Gasteiger partial charge in [-0.05, 0) is 24.6 Å². The standard InChI is InChI=1S/C18H23FN4O4/c19-13-11-12(20-14-2-4-16(24)21-18(14)27)1-3-15(13)23-9-7-22(8-10-23)6-5-17(25)26/h1,3,11,14,20H,2,4-10H2,(H,25,26)(H,21,24,27). The molecule has 2 saturated heterocycles. The molecule has 0 radical (unpaired) electrons. The van der Waals surface area contributed by atoms with Crippen LogP contribution in [-0.2, 0) is 14.4 Å². The van der Waals surface area contributed by atoms with Crippen molar-refractivity contribution < 1.29 is 23.9 Å². The van der Waals surface area contributed by atoms with Crippen LogP contribution in [0.2, 0.25) is 0 Å². The number of anilines is 2. The molecule has 3 rings (SSSR count). The highest BCUT2D eigenvalue weighted by atomic mass is 19.1. The van der Waals surface area contributed by atoms with E-state index < -0.39 is 17.9 Å². The second-order valence-electron chi connectivity index (χ2n) is 6.79. The smallest absolute Gasteiger partial charge is 0.304 e. The van der Waals surface area contributed by atoms with Crippen LogP contribution in [0.3, 0.4) is 0 Å². The van der Waals surface area contributed by atoms with Crippen LogP contribution in [-0.4, -0.2) is 66.6 Å². The normalized spacial score (nSPS) is 21.1. The third-order valence-corrected chi connectivity index (χ3v) is 4.88. The molecule has 0 spiro atoms. The van der Waals surface area contributed by atoms with Crippen molar-refractivity contribution in [3.63, 3.8) is 0 Å². The predicted octanol–water partition coefficient (Wildman–Crippen LogP) is 0.640. The zero-order valence-electron chi connectivity index (χ0n) is 14.9. The Morgan fingerprint density at radius 2 is 2.00 bits per heavy atom. The zero-order valence-corrected chi connectivity index (χ0v) is 14.9. The molecule has 8 nitrogen and oxygen atoms in total. The number of carbonyl (C=O) groups excluding carboxylic acids is 2. The summed E-state index contributed by atoms with van der Waals surface area (Å²) < 4.78 is 14.6. The largest absolute Gasteiger partial charge is 0.481 e. The highest BCUT2D eigenvalue weighted by Gasteiger charge is 2.27. The predicted molar refractivity (Wildman–Crippen MR) is 97.1 cm³/mol. The van der Waals surface area contributed by atoms with Crippen LogP contribution >= 0.6 is 0 Å². The average Bonchev–Trinajstić information content (AvgIpc) is 2.63. The average molecular weight is 378 g/mol. The van der Waals surface area contributed by atoms with E-state index in [-0.39, 0.29) is 24.6 Å².